The van der Waals surface area contributed by atoms with Crippen LogP contribution >= 0.6 is 0 Å². The maximum atomic E-state index is 13.6. The molecule has 31 heavy (non-hydrogen) atoms. The second kappa shape index (κ2) is 9.94. The number of sulfonamides is 1. The average Bonchev–Trinajstić information content (AvgIpc) is 2.77. The minimum atomic E-state index is -4.00. The molecule has 1 fully saturated rings. The van der Waals surface area contributed by atoms with Crippen LogP contribution in [0, 0.1) is 11.6 Å². The van der Waals surface area contributed by atoms with E-state index in [9.17, 15) is 26.8 Å². The molecule has 1 aliphatic heterocycles. The smallest absolute Gasteiger partial charge is 0.309 e. The van der Waals surface area contributed by atoms with E-state index in [0.29, 0.717) is 6.42 Å². The SMILES string of the molecule is O=C(NCc1ccccc1F)C(=O)NCC1OCCCN1S(=O)(=O)c1ccc(F)cc1. The molecule has 0 spiro atoms. The van der Waals surface area contributed by atoms with Crippen LogP contribution < -0.4 is 10.6 Å². The fourth-order valence-corrected chi connectivity index (χ4v) is 4.57. The van der Waals surface area contributed by atoms with E-state index in [1.54, 1.807) is 6.07 Å². The van der Waals surface area contributed by atoms with Crippen LogP contribution in [0.15, 0.2) is 53.4 Å². The van der Waals surface area contributed by atoms with Crippen LogP contribution in [0.25, 0.3) is 0 Å². The first-order valence-corrected chi connectivity index (χ1v) is 10.9. The van der Waals surface area contributed by atoms with Gasteiger partial charge in [0.15, 0.2) is 0 Å². The Morgan fingerprint density at radius 3 is 2.42 bits per heavy atom. The third-order valence-corrected chi connectivity index (χ3v) is 6.52. The van der Waals surface area contributed by atoms with E-state index < -0.39 is 39.7 Å². The second-order valence-corrected chi connectivity index (χ2v) is 8.62. The number of ether oxygens (including phenoxy) is 1. The highest BCUT2D eigenvalue weighted by Crippen LogP contribution is 2.22. The predicted octanol–water partition coefficient (Wildman–Crippen LogP) is 1.13. The summed E-state index contributed by atoms with van der Waals surface area (Å²) in [5.41, 5.74) is 0.218. The van der Waals surface area contributed by atoms with Crippen molar-refractivity contribution >= 4 is 21.8 Å². The number of benzene rings is 2. The molecule has 1 unspecified atom stereocenters. The summed E-state index contributed by atoms with van der Waals surface area (Å²) >= 11 is 0. The van der Waals surface area contributed by atoms with Crippen LogP contribution in [0.5, 0.6) is 0 Å². The van der Waals surface area contributed by atoms with Gasteiger partial charge in [-0.05, 0) is 36.8 Å². The van der Waals surface area contributed by atoms with Gasteiger partial charge < -0.3 is 15.4 Å². The Labute approximate surface area is 178 Å². The van der Waals surface area contributed by atoms with Gasteiger partial charge in [-0.1, -0.05) is 18.2 Å². The summed E-state index contributed by atoms with van der Waals surface area (Å²) in [6, 6.07) is 10.2. The minimum Gasteiger partial charge on any atom is -0.360 e. The standard InChI is InChI=1S/C20H21F2N3O5S/c21-15-6-8-16(9-7-15)31(28,29)25-10-3-11-30-18(25)13-24-20(27)19(26)23-12-14-4-1-2-5-17(14)22/h1-2,4-9,18H,3,10-13H2,(H,23,26)(H,24,27). The number of halogens is 2. The highest BCUT2D eigenvalue weighted by molar-refractivity contribution is 7.89. The molecule has 1 atom stereocenters. The van der Waals surface area contributed by atoms with Crippen LogP contribution in [0.3, 0.4) is 0 Å². The summed E-state index contributed by atoms with van der Waals surface area (Å²) in [6.07, 6.45) is -0.597. The van der Waals surface area contributed by atoms with Crippen LogP contribution in [-0.4, -0.2) is 50.5 Å². The minimum absolute atomic E-state index is 0.113. The number of carbonyl (C=O) groups is 2. The molecule has 0 aliphatic carbocycles. The number of nitrogens with one attached hydrogen (secondary N) is 2. The second-order valence-electron chi connectivity index (χ2n) is 6.73. The zero-order valence-electron chi connectivity index (χ0n) is 16.4. The first-order valence-electron chi connectivity index (χ1n) is 9.47. The molecule has 1 heterocycles. The molecule has 1 saturated heterocycles. The van der Waals surface area contributed by atoms with Gasteiger partial charge >= 0.3 is 11.8 Å². The van der Waals surface area contributed by atoms with Gasteiger partial charge in [-0.15, -0.1) is 0 Å². The van der Waals surface area contributed by atoms with Crippen LogP contribution in [-0.2, 0) is 30.9 Å². The molecule has 2 amide bonds. The molecule has 0 saturated carbocycles. The summed E-state index contributed by atoms with van der Waals surface area (Å²) in [6.45, 7) is -0.0362. The number of rotatable bonds is 6. The molecule has 166 valence electrons. The van der Waals surface area contributed by atoms with Crippen molar-refractivity contribution in [3.05, 3.63) is 65.7 Å². The molecular weight excluding hydrogens is 432 g/mol. The highest BCUT2D eigenvalue weighted by atomic mass is 32.2. The molecule has 0 radical (unpaired) electrons. The third-order valence-electron chi connectivity index (χ3n) is 4.62. The van der Waals surface area contributed by atoms with Gasteiger partial charge in [0.1, 0.15) is 17.9 Å². The van der Waals surface area contributed by atoms with Crippen LogP contribution in [0.4, 0.5) is 8.78 Å². The maximum absolute atomic E-state index is 13.6. The number of carbonyl (C=O) groups excluding carboxylic acids is 2. The van der Waals surface area contributed by atoms with Crippen molar-refractivity contribution in [1.82, 2.24) is 14.9 Å². The van der Waals surface area contributed by atoms with E-state index in [2.05, 4.69) is 10.6 Å². The molecule has 1 aliphatic rings. The zero-order chi connectivity index (χ0) is 22.4. The predicted molar refractivity (Wildman–Crippen MR) is 106 cm³/mol. The lowest BCUT2D eigenvalue weighted by Gasteiger charge is -2.34. The van der Waals surface area contributed by atoms with Crippen molar-refractivity contribution in [2.45, 2.75) is 24.1 Å². The first-order chi connectivity index (χ1) is 14.8. The molecule has 0 bridgehead atoms. The van der Waals surface area contributed by atoms with Gasteiger partial charge in [-0.25, -0.2) is 17.2 Å². The molecule has 2 N–H and O–H groups in total. The quantitative estimate of drug-likeness (QED) is 0.639. The first kappa shape index (κ1) is 22.8. The Hall–Kier alpha value is -2.89. The summed E-state index contributed by atoms with van der Waals surface area (Å²) in [4.78, 5) is 23.9. The summed E-state index contributed by atoms with van der Waals surface area (Å²) in [5, 5.41) is 4.63. The van der Waals surface area contributed by atoms with E-state index in [-0.39, 0.29) is 36.7 Å². The lowest BCUT2D eigenvalue weighted by molar-refractivity contribution is -0.140. The normalized spacial score (nSPS) is 17.2. The van der Waals surface area contributed by atoms with Crippen molar-refractivity contribution in [2.75, 3.05) is 19.7 Å². The van der Waals surface area contributed by atoms with Crippen LogP contribution in [0.2, 0.25) is 0 Å². The maximum Gasteiger partial charge on any atom is 0.309 e. The van der Waals surface area contributed by atoms with E-state index in [4.69, 9.17) is 4.74 Å². The molecule has 3 rings (SSSR count). The summed E-state index contributed by atoms with van der Waals surface area (Å²) in [7, 11) is -4.00. The lowest BCUT2D eigenvalue weighted by Crippen LogP contribution is -2.53. The Morgan fingerprint density at radius 1 is 1.03 bits per heavy atom. The van der Waals surface area contributed by atoms with E-state index in [1.165, 1.54) is 18.2 Å². The third kappa shape index (κ3) is 5.63. The van der Waals surface area contributed by atoms with Crippen LogP contribution in [0.1, 0.15) is 12.0 Å². The Bertz CT molecular complexity index is 1050. The molecule has 0 aromatic heterocycles. The van der Waals surface area contributed by atoms with Crippen molar-refractivity contribution in [2.24, 2.45) is 0 Å². The number of hydrogen-bond acceptors (Lipinski definition) is 5. The van der Waals surface area contributed by atoms with E-state index in [0.717, 1.165) is 28.6 Å². The number of hydrogen-bond donors (Lipinski definition) is 2. The topological polar surface area (TPSA) is 105 Å². The van der Waals surface area contributed by atoms with Gasteiger partial charge in [0, 0.05) is 18.7 Å². The van der Waals surface area contributed by atoms with Gasteiger partial charge in [0.25, 0.3) is 0 Å². The van der Waals surface area contributed by atoms with Gasteiger partial charge in [0.2, 0.25) is 10.0 Å². The van der Waals surface area contributed by atoms with Crippen molar-refractivity contribution < 1.29 is 31.5 Å². The van der Waals surface area contributed by atoms with Gasteiger partial charge in [-0.2, -0.15) is 4.31 Å². The lowest BCUT2D eigenvalue weighted by atomic mass is 10.2. The van der Waals surface area contributed by atoms with E-state index in [1.807, 2.05) is 0 Å². The molecule has 11 heteroatoms. The highest BCUT2D eigenvalue weighted by Gasteiger charge is 2.35. The number of nitrogens with zero attached hydrogens (tertiary/aromatic N) is 1. The fourth-order valence-electron chi connectivity index (χ4n) is 3.00. The molecule has 2 aromatic carbocycles. The van der Waals surface area contributed by atoms with Crippen molar-refractivity contribution in [1.29, 1.82) is 0 Å². The van der Waals surface area contributed by atoms with Crippen molar-refractivity contribution in [3.63, 3.8) is 0 Å². The fraction of sp³-hybridized carbons (Fsp3) is 0.300. The zero-order valence-corrected chi connectivity index (χ0v) is 17.2. The molecular formula is C20H21F2N3O5S. The monoisotopic (exact) mass is 453 g/mol. The van der Waals surface area contributed by atoms with Gasteiger partial charge in [0.05, 0.1) is 18.0 Å². The Balaban J connectivity index is 1.59. The average molecular weight is 453 g/mol. The summed E-state index contributed by atoms with van der Waals surface area (Å²) < 4.78 is 59.0. The Kier molecular flexibility index (Phi) is 7.31. The molecule has 8 nitrogen and oxygen atoms in total. The number of amides is 2. The molecule has 2 aromatic rings. The van der Waals surface area contributed by atoms with Crippen molar-refractivity contribution in [3.8, 4) is 0 Å². The van der Waals surface area contributed by atoms with E-state index >= 15 is 0 Å². The largest absolute Gasteiger partial charge is 0.360 e. The summed E-state index contributed by atoms with van der Waals surface area (Å²) in [5.74, 6) is -3.09. The van der Waals surface area contributed by atoms with Gasteiger partial charge in [-0.3, -0.25) is 9.59 Å². The Morgan fingerprint density at radius 2 is 1.71 bits per heavy atom.